The van der Waals surface area contributed by atoms with Crippen LogP contribution in [0.2, 0.25) is 0 Å². The minimum Gasteiger partial charge on any atom is -0.456 e. The summed E-state index contributed by atoms with van der Waals surface area (Å²) in [7, 11) is 1.65. The van der Waals surface area contributed by atoms with Crippen molar-refractivity contribution in [1.29, 1.82) is 0 Å². The summed E-state index contributed by atoms with van der Waals surface area (Å²) in [6.07, 6.45) is 0. The third-order valence-electron chi connectivity index (χ3n) is 6.35. The second-order valence-electron chi connectivity index (χ2n) is 8.06. The highest BCUT2D eigenvalue weighted by molar-refractivity contribution is 6.01. The molecule has 32 heavy (non-hydrogen) atoms. The number of methoxy groups -OCH3 is 1. The lowest BCUT2D eigenvalue weighted by Crippen LogP contribution is -2.33. The Morgan fingerprint density at radius 2 is 1.78 bits per heavy atom. The van der Waals surface area contributed by atoms with Crippen molar-refractivity contribution in [2.45, 2.75) is 26.1 Å². The first-order valence-electron chi connectivity index (χ1n) is 10.9. The fourth-order valence-corrected chi connectivity index (χ4v) is 4.87. The van der Waals surface area contributed by atoms with E-state index in [2.05, 4.69) is 24.8 Å². The van der Waals surface area contributed by atoms with Gasteiger partial charge in [0.2, 0.25) is 0 Å². The minimum atomic E-state index is -1.13. The summed E-state index contributed by atoms with van der Waals surface area (Å²) in [5.41, 5.74) is 10.2. The lowest BCUT2D eigenvalue weighted by Gasteiger charge is -2.37. The molecule has 2 aliphatic rings. The third-order valence-corrected chi connectivity index (χ3v) is 6.35. The van der Waals surface area contributed by atoms with Gasteiger partial charge in [0.1, 0.15) is 11.5 Å². The average molecular weight is 431 g/mol. The van der Waals surface area contributed by atoms with Crippen LogP contribution in [0.15, 0.2) is 54.6 Å². The van der Waals surface area contributed by atoms with E-state index in [9.17, 15) is 4.79 Å². The molecule has 5 rings (SSSR count). The summed E-state index contributed by atoms with van der Waals surface area (Å²) >= 11 is 0. The number of esters is 1. The number of nitrogen functional groups attached to an aromatic ring is 1. The van der Waals surface area contributed by atoms with Gasteiger partial charge in [0.25, 0.3) is 0 Å². The topological polar surface area (TPSA) is 74.0 Å². The van der Waals surface area contributed by atoms with Crippen LogP contribution in [0.4, 0.5) is 11.4 Å². The van der Waals surface area contributed by atoms with Crippen molar-refractivity contribution in [1.82, 2.24) is 0 Å². The maximum atomic E-state index is 13.1. The minimum absolute atomic E-state index is 0.409. The fraction of sp³-hybridized carbons (Fsp3) is 0.269. The quantitative estimate of drug-likeness (QED) is 0.462. The molecule has 0 saturated heterocycles. The molecular weight excluding hydrogens is 404 g/mol. The summed E-state index contributed by atoms with van der Waals surface area (Å²) in [5, 5.41) is 0. The largest absolute Gasteiger partial charge is 0.456 e. The SMILES string of the molecule is CCN(CC)c1ccc2c(c1)Oc1ccc(COC)cc1C21OC(=O)c2c(N)cccc21. The second kappa shape index (κ2) is 7.57. The van der Waals surface area contributed by atoms with E-state index in [1.165, 1.54) is 0 Å². The molecule has 0 aliphatic carbocycles. The van der Waals surface area contributed by atoms with Gasteiger partial charge in [-0.2, -0.15) is 0 Å². The molecule has 3 aromatic carbocycles. The molecule has 6 heteroatoms. The maximum absolute atomic E-state index is 13.1. The zero-order chi connectivity index (χ0) is 22.5. The Labute approximate surface area is 187 Å². The summed E-state index contributed by atoms with van der Waals surface area (Å²) in [5.74, 6) is 0.892. The summed E-state index contributed by atoms with van der Waals surface area (Å²) < 4.78 is 17.9. The smallest absolute Gasteiger partial charge is 0.342 e. The van der Waals surface area contributed by atoms with Gasteiger partial charge in [-0.3, -0.25) is 0 Å². The number of hydrogen-bond donors (Lipinski definition) is 1. The van der Waals surface area contributed by atoms with E-state index in [1.54, 1.807) is 13.2 Å². The van der Waals surface area contributed by atoms with Crippen molar-refractivity contribution < 1.29 is 19.0 Å². The fourth-order valence-electron chi connectivity index (χ4n) is 4.87. The number of fused-ring (bicyclic) bond motifs is 6. The summed E-state index contributed by atoms with van der Waals surface area (Å²) in [4.78, 5) is 15.3. The van der Waals surface area contributed by atoms with Gasteiger partial charge in [-0.1, -0.05) is 18.2 Å². The monoisotopic (exact) mass is 430 g/mol. The highest BCUT2D eigenvalue weighted by Gasteiger charge is 2.54. The van der Waals surface area contributed by atoms with Gasteiger partial charge in [0.15, 0.2) is 5.60 Å². The lowest BCUT2D eigenvalue weighted by molar-refractivity contribution is 0.0224. The van der Waals surface area contributed by atoms with Crippen LogP contribution in [0.25, 0.3) is 0 Å². The van der Waals surface area contributed by atoms with Crippen LogP contribution in [0.1, 0.15) is 46.5 Å². The predicted molar refractivity (Wildman–Crippen MR) is 123 cm³/mol. The Bertz CT molecular complexity index is 1220. The zero-order valence-corrected chi connectivity index (χ0v) is 18.5. The molecule has 2 heterocycles. The van der Waals surface area contributed by atoms with Crippen molar-refractivity contribution in [3.05, 3.63) is 82.4 Å². The van der Waals surface area contributed by atoms with E-state index >= 15 is 0 Å². The standard InChI is InChI=1S/C26H26N2O4/c1-4-28(5-2)17-10-11-18-23(14-17)31-22-12-9-16(15-30-3)13-20(22)26(18)19-7-6-8-21(27)24(19)25(29)32-26/h6-14H,4-5,15,27H2,1-3H3. The molecule has 1 atom stereocenters. The van der Waals surface area contributed by atoms with E-state index in [1.807, 2.05) is 42.5 Å². The summed E-state index contributed by atoms with van der Waals surface area (Å²) in [6, 6.07) is 17.4. The molecule has 3 aromatic rings. The molecule has 6 nitrogen and oxygen atoms in total. The van der Waals surface area contributed by atoms with Crippen LogP contribution in [0.5, 0.6) is 11.5 Å². The van der Waals surface area contributed by atoms with Gasteiger partial charge in [0, 0.05) is 54.3 Å². The van der Waals surface area contributed by atoms with Gasteiger partial charge in [-0.15, -0.1) is 0 Å². The van der Waals surface area contributed by atoms with Crippen LogP contribution in [-0.4, -0.2) is 26.2 Å². The van der Waals surface area contributed by atoms with E-state index in [4.69, 9.17) is 19.9 Å². The van der Waals surface area contributed by atoms with Gasteiger partial charge >= 0.3 is 5.97 Å². The molecule has 0 fully saturated rings. The van der Waals surface area contributed by atoms with Crippen LogP contribution < -0.4 is 15.4 Å². The molecular formula is C26H26N2O4. The van der Waals surface area contributed by atoms with Crippen LogP contribution >= 0.6 is 0 Å². The first-order valence-corrected chi connectivity index (χ1v) is 10.9. The number of anilines is 2. The molecule has 0 radical (unpaired) electrons. The van der Waals surface area contributed by atoms with Crippen LogP contribution in [0, 0.1) is 0 Å². The Hall–Kier alpha value is -3.51. The zero-order valence-electron chi connectivity index (χ0n) is 18.5. The first-order chi connectivity index (χ1) is 15.5. The Kier molecular flexibility index (Phi) is 4.82. The maximum Gasteiger partial charge on any atom is 0.342 e. The van der Waals surface area contributed by atoms with E-state index in [0.29, 0.717) is 29.4 Å². The van der Waals surface area contributed by atoms with Gasteiger partial charge < -0.3 is 24.8 Å². The number of hydrogen-bond acceptors (Lipinski definition) is 6. The van der Waals surface area contributed by atoms with E-state index in [-0.39, 0.29) is 0 Å². The van der Waals surface area contributed by atoms with E-state index < -0.39 is 11.6 Å². The number of benzene rings is 3. The van der Waals surface area contributed by atoms with Crippen molar-refractivity contribution in [3.8, 4) is 11.5 Å². The average Bonchev–Trinajstić information content (AvgIpc) is 3.09. The number of nitrogens with zero attached hydrogens (tertiary/aromatic N) is 1. The van der Waals surface area contributed by atoms with Crippen molar-refractivity contribution in [2.75, 3.05) is 30.8 Å². The number of nitrogens with two attached hydrogens (primary N) is 1. The predicted octanol–water partition coefficient (Wildman–Crippen LogP) is 4.83. The van der Waals surface area contributed by atoms with Gasteiger partial charge in [0.05, 0.1) is 12.2 Å². The molecule has 1 unspecified atom stereocenters. The Morgan fingerprint density at radius 3 is 2.53 bits per heavy atom. The molecule has 2 aliphatic heterocycles. The molecule has 2 N–H and O–H groups in total. The third kappa shape index (κ3) is 2.79. The highest BCUT2D eigenvalue weighted by Crippen LogP contribution is 2.57. The highest BCUT2D eigenvalue weighted by atomic mass is 16.6. The molecule has 0 aromatic heterocycles. The number of carbonyl (C=O) groups is 1. The normalized spacial score (nSPS) is 17.9. The second-order valence-corrected chi connectivity index (χ2v) is 8.06. The van der Waals surface area contributed by atoms with E-state index in [0.717, 1.165) is 41.0 Å². The van der Waals surface area contributed by atoms with Crippen molar-refractivity contribution in [2.24, 2.45) is 0 Å². The molecule has 0 bridgehead atoms. The Balaban J connectivity index is 1.80. The Morgan fingerprint density at radius 1 is 0.969 bits per heavy atom. The molecule has 164 valence electrons. The number of rotatable bonds is 5. The van der Waals surface area contributed by atoms with Gasteiger partial charge in [-0.25, -0.2) is 4.79 Å². The summed E-state index contributed by atoms with van der Waals surface area (Å²) in [6.45, 7) is 6.44. The number of carbonyl (C=O) groups excluding carboxylic acids is 1. The van der Waals surface area contributed by atoms with Crippen molar-refractivity contribution in [3.63, 3.8) is 0 Å². The lowest BCUT2D eigenvalue weighted by atomic mass is 9.77. The first kappa shape index (κ1) is 20.4. The van der Waals surface area contributed by atoms with Gasteiger partial charge in [-0.05, 0) is 49.7 Å². The molecule has 0 amide bonds. The van der Waals surface area contributed by atoms with Crippen LogP contribution in [0.3, 0.4) is 0 Å². The molecule has 1 spiro atoms. The van der Waals surface area contributed by atoms with Crippen LogP contribution in [-0.2, 0) is 21.7 Å². The number of ether oxygens (including phenoxy) is 3. The molecule has 0 saturated carbocycles. The van der Waals surface area contributed by atoms with Crippen molar-refractivity contribution >= 4 is 17.3 Å².